The van der Waals surface area contributed by atoms with Crippen LogP contribution in [0.25, 0.3) is 44.2 Å². The van der Waals surface area contributed by atoms with E-state index < -0.39 is 27.2 Å². The Morgan fingerprint density at radius 3 is 1.57 bits per heavy atom. The van der Waals surface area contributed by atoms with Gasteiger partial charge in [0.25, 0.3) is 0 Å². The Morgan fingerprint density at radius 2 is 1.08 bits per heavy atom. The molecule has 0 spiro atoms. The summed E-state index contributed by atoms with van der Waals surface area (Å²) in [6.07, 6.45) is 10.3. The predicted molar refractivity (Wildman–Crippen MR) is 306 cm³/mol. The standard InChI is InChI=1S/C24H29N7O3S.C16H23ClN6O3S.C8H8BNO2.CH3I.HI/c1-35(32,33)30-9-7-28(8-10-30)16-18-15-22-24(29-11-13-34-14-12-29)26-23(27-31(22)17-18)20-3-2-4-21-19(20)5-6-25-21;1-27(24,25)22-4-2-20(3-5-22)11-13-10-14-15(21-6-8-26-9-7-21)18-16(17)19-23(14)12-13;11-9(12)7-2-1-3-8-6(7)4-5-10-8;1-2;/h2-6,15,17,25H,7-14,16H2,1H3;10,12H,2-9,11H2,1H3;1-5,10-12H;1H3;1H/p-1. The second-order valence-electron chi connectivity index (χ2n) is 18.8. The minimum atomic E-state index is -3.14. The Morgan fingerprint density at radius 1 is 0.623 bits per heavy atom. The fourth-order valence-electron chi connectivity index (χ4n) is 9.92. The van der Waals surface area contributed by atoms with Gasteiger partial charge >= 0.3 is 7.12 Å². The second-order valence-corrected chi connectivity index (χ2v) is 23.1. The predicted octanol–water partition coefficient (Wildman–Crippen LogP) is -0.00920. The first kappa shape index (κ1) is 58.9. The van der Waals surface area contributed by atoms with E-state index >= 15 is 0 Å². The molecule has 0 unspecified atom stereocenters. The number of alkyl halides is 1. The number of morpholine rings is 2. The fraction of sp³-hybridized carbons (Fsp3) is 0.429. The molecule has 10 heterocycles. The van der Waals surface area contributed by atoms with Gasteiger partial charge in [-0.05, 0) is 74.9 Å². The summed E-state index contributed by atoms with van der Waals surface area (Å²) >= 11 is 8.28. The Labute approximate surface area is 484 Å². The van der Waals surface area contributed by atoms with Crippen LogP contribution in [-0.4, -0.2) is 214 Å². The molecule has 22 nitrogen and oxygen atoms in total. The first-order valence-corrected chi connectivity index (χ1v) is 31.2. The monoisotopic (exact) mass is 1340 g/mol. The molecule has 28 heteroatoms. The summed E-state index contributed by atoms with van der Waals surface area (Å²) < 4.78 is 64.8. The fourth-order valence-corrected chi connectivity index (χ4v) is 11.7. The van der Waals surface area contributed by atoms with E-state index in [4.69, 9.17) is 41.2 Å². The highest BCUT2D eigenvalue weighted by atomic mass is 127. The molecule has 0 atom stereocenters. The number of H-pyrrole nitrogens is 2. The number of halogens is 3. The minimum Gasteiger partial charge on any atom is -1.00 e. The Hall–Kier alpha value is -4.25. The van der Waals surface area contributed by atoms with Gasteiger partial charge in [0.1, 0.15) is 11.0 Å². The van der Waals surface area contributed by atoms with Crippen LogP contribution in [-0.2, 0) is 42.6 Å². The van der Waals surface area contributed by atoms with Gasteiger partial charge in [0, 0.05) is 138 Å². The largest absolute Gasteiger partial charge is 1.00 e. The molecular formula is C49H63BClI2N14O8S2-. The highest BCUT2D eigenvalue weighted by Gasteiger charge is 2.27. The van der Waals surface area contributed by atoms with Crippen molar-refractivity contribution in [1.29, 1.82) is 0 Å². The quantitative estimate of drug-likeness (QED) is 0.0801. The Kier molecular flexibility index (Phi) is 20.2. The van der Waals surface area contributed by atoms with E-state index in [-0.39, 0.29) is 29.3 Å². The SMILES string of the molecule is CI.CS(=O)(=O)N1CCN(Cc2cc3c(N4CCOCC4)nc(-c4cccc5[nH]ccc45)nn3c2)CC1.CS(=O)(=O)N1CCN(Cc2cc3c(N4CCOCC4)nc(Cl)nn3c2)CC1.OB(O)c1cccc2[nH]ccc12.[I-]. The molecular weight excluding hydrogens is 1280 g/mol. The summed E-state index contributed by atoms with van der Waals surface area (Å²) in [6, 6.07) is 19.6. The molecule has 4 aliphatic heterocycles. The molecule has 414 valence electrons. The van der Waals surface area contributed by atoms with Gasteiger partial charge in [0.15, 0.2) is 17.5 Å². The summed E-state index contributed by atoms with van der Waals surface area (Å²) in [5, 5.41) is 29.3. The highest BCUT2D eigenvalue weighted by molar-refractivity contribution is 14.1. The van der Waals surface area contributed by atoms with Gasteiger partial charge in [0.05, 0.1) is 38.9 Å². The molecule has 6 aromatic heterocycles. The number of hydrogen-bond donors (Lipinski definition) is 4. The van der Waals surface area contributed by atoms with Crippen molar-refractivity contribution in [3.8, 4) is 11.4 Å². The third kappa shape index (κ3) is 14.4. The number of ether oxygens (including phenoxy) is 2. The molecule has 0 radical (unpaired) electrons. The van der Waals surface area contributed by atoms with Crippen LogP contribution in [0.1, 0.15) is 11.1 Å². The molecule has 8 aromatic rings. The number of piperazine rings is 2. The van der Waals surface area contributed by atoms with Crippen LogP contribution >= 0.6 is 34.2 Å². The number of anilines is 2. The first-order chi connectivity index (χ1) is 36.6. The van der Waals surface area contributed by atoms with Crippen LogP contribution in [0.15, 0.2) is 85.5 Å². The lowest BCUT2D eigenvalue weighted by Crippen LogP contribution is -3.00. The van der Waals surface area contributed by atoms with E-state index in [2.05, 4.69) is 98.8 Å². The lowest BCUT2D eigenvalue weighted by atomic mass is 9.78. The van der Waals surface area contributed by atoms with Crippen LogP contribution in [0.3, 0.4) is 0 Å². The maximum atomic E-state index is 11.8. The van der Waals surface area contributed by atoms with Crippen molar-refractivity contribution in [2.45, 2.75) is 13.1 Å². The van der Waals surface area contributed by atoms with E-state index in [0.717, 1.165) is 100 Å². The summed E-state index contributed by atoms with van der Waals surface area (Å²) in [4.78, 5) is 26.7. The number of aromatic amines is 2. The number of rotatable bonds is 10. The van der Waals surface area contributed by atoms with Crippen molar-refractivity contribution in [3.63, 3.8) is 0 Å². The molecule has 0 saturated carbocycles. The van der Waals surface area contributed by atoms with Gasteiger partial charge in [-0.25, -0.2) is 30.9 Å². The van der Waals surface area contributed by atoms with Gasteiger partial charge in [-0.15, -0.1) is 10.2 Å². The Balaban J connectivity index is 0.000000165. The lowest BCUT2D eigenvalue weighted by Gasteiger charge is -2.32. The van der Waals surface area contributed by atoms with Gasteiger partial charge in [-0.2, -0.15) is 13.6 Å². The summed E-state index contributed by atoms with van der Waals surface area (Å²) in [6.45, 7) is 12.2. The lowest BCUT2D eigenvalue weighted by molar-refractivity contribution is -0.0000248. The molecule has 12 rings (SSSR count). The zero-order valence-electron chi connectivity index (χ0n) is 43.0. The minimum absolute atomic E-state index is 0. The van der Waals surface area contributed by atoms with E-state index in [9.17, 15) is 16.8 Å². The number of hydrogen-bond acceptors (Lipinski definition) is 16. The van der Waals surface area contributed by atoms with Crippen LogP contribution in [0.5, 0.6) is 0 Å². The van der Waals surface area contributed by atoms with Crippen molar-refractivity contribution in [1.82, 2.24) is 57.6 Å². The zero-order valence-corrected chi connectivity index (χ0v) is 49.8. The average Bonchev–Trinajstić information content (AvgIpc) is 4.28. The normalized spacial score (nSPS) is 17.3. The molecule has 4 aliphatic rings. The third-order valence-electron chi connectivity index (χ3n) is 13.8. The summed E-state index contributed by atoms with van der Waals surface area (Å²) in [5.74, 6) is 2.43. The second kappa shape index (κ2) is 26.4. The number of nitrogens with zero attached hydrogens (tertiary/aromatic N) is 12. The molecule has 0 aliphatic carbocycles. The maximum Gasteiger partial charge on any atom is 0.489 e. The maximum absolute atomic E-state index is 11.8. The molecule has 0 amide bonds. The zero-order chi connectivity index (χ0) is 53.6. The number of nitrogens with one attached hydrogen (secondary N) is 2. The number of benzene rings is 2. The molecule has 4 N–H and O–H groups in total. The molecule has 4 saturated heterocycles. The summed E-state index contributed by atoms with van der Waals surface area (Å²) in [7, 11) is -7.65. The van der Waals surface area contributed by atoms with Crippen LogP contribution in [0.4, 0.5) is 11.6 Å². The number of sulfonamides is 2. The van der Waals surface area contributed by atoms with Crippen LogP contribution in [0, 0.1) is 0 Å². The number of fused-ring (bicyclic) bond motifs is 4. The molecule has 2 aromatic carbocycles. The summed E-state index contributed by atoms with van der Waals surface area (Å²) in [5.41, 5.74) is 7.64. The van der Waals surface area contributed by atoms with E-state index in [1.54, 1.807) is 27.2 Å². The van der Waals surface area contributed by atoms with Crippen molar-refractivity contribution in [3.05, 3.63) is 102 Å². The van der Waals surface area contributed by atoms with Gasteiger partial charge < -0.3 is 63.3 Å². The van der Waals surface area contributed by atoms with E-state index in [1.807, 2.05) is 40.0 Å². The third-order valence-corrected chi connectivity index (χ3v) is 16.5. The average molecular weight is 1340 g/mol. The van der Waals surface area contributed by atoms with E-state index in [1.165, 1.54) is 16.8 Å². The topological polar surface area (TPSA) is 239 Å². The Bertz CT molecular complexity index is 3470. The van der Waals surface area contributed by atoms with Gasteiger partial charge in [-0.3, -0.25) is 9.80 Å². The van der Waals surface area contributed by atoms with Crippen molar-refractivity contribution >= 4 is 111 Å². The smallest absolute Gasteiger partial charge is 0.489 e. The van der Waals surface area contributed by atoms with Crippen LogP contribution in [0.2, 0.25) is 5.28 Å². The van der Waals surface area contributed by atoms with Gasteiger partial charge in [0.2, 0.25) is 25.3 Å². The van der Waals surface area contributed by atoms with Crippen molar-refractivity contribution in [2.75, 3.05) is 132 Å². The molecule has 77 heavy (non-hydrogen) atoms. The molecule has 0 bridgehead atoms. The highest BCUT2D eigenvalue weighted by Crippen LogP contribution is 2.31. The molecule has 4 fully saturated rings. The van der Waals surface area contributed by atoms with Crippen molar-refractivity contribution in [2.24, 2.45) is 0 Å². The van der Waals surface area contributed by atoms with E-state index in [0.29, 0.717) is 90.1 Å². The van der Waals surface area contributed by atoms with Gasteiger partial charge in [-0.1, -0.05) is 46.9 Å². The number of aromatic nitrogens is 8. The first-order valence-electron chi connectivity index (χ1n) is 25.0. The van der Waals surface area contributed by atoms with Crippen LogP contribution < -0.4 is 39.2 Å². The van der Waals surface area contributed by atoms with Crippen molar-refractivity contribution < 1.29 is 60.3 Å².